The van der Waals surface area contributed by atoms with Gasteiger partial charge in [-0.3, -0.25) is 9.78 Å². The van der Waals surface area contributed by atoms with Crippen LogP contribution in [-0.4, -0.2) is 32.4 Å². The molecule has 7 nitrogen and oxygen atoms in total. The Balaban J connectivity index is 2.90. The fourth-order valence-electron chi connectivity index (χ4n) is 1.09. The zero-order chi connectivity index (χ0) is 11.5. The van der Waals surface area contributed by atoms with Crippen molar-refractivity contribution >= 4 is 5.82 Å². The Kier molecular flexibility index (Phi) is 3.25. The lowest BCUT2D eigenvalue weighted by Gasteiger charge is -2.24. The van der Waals surface area contributed by atoms with Crippen LogP contribution in [0.3, 0.4) is 0 Å². The van der Waals surface area contributed by atoms with Crippen molar-refractivity contribution in [1.82, 2.24) is 15.2 Å². The second kappa shape index (κ2) is 4.26. The van der Waals surface area contributed by atoms with E-state index in [0.29, 0.717) is 6.42 Å². The summed E-state index contributed by atoms with van der Waals surface area (Å²) in [5.74, 6) is 0.0352. The Bertz CT molecular complexity index is 434. The van der Waals surface area contributed by atoms with Gasteiger partial charge in [-0.1, -0.05) is 0 Å². The van der Waals surface area contributed by atoms with Gasteiger partial charge >= 0.3 is 5.69 Å². The van der Waals surface area contributed by atoms with Crippen molar-refractivity contribution in [3.63, 3.8) is 0 Å². The van der Waals surface area contributed by atoms with E-state index in [4.69, 9.17) is 5.11 Å². The highest BCUT2D eigenvalue weighted by atomic mass is 16.3. The molecule has 0 spiro atoms. The van der Waals surface area contributed by atoms with Gasteiger partial charge in [-0.2, -0.15) is 0 Å². The Hall–Kier alpha value is -1.63. The van der Waals surface area contributed by atoms with Gasteiger partial charge < -0.3 is 10.4 Å². The Morgan fingerprint density at radius 2 is 2.13 bits per heavy atom. The lowest BCUT2D eigenvalue weighted by Crippen LogP contribution is -2.37. The van der Waals surface area contributed by atoms with E-state index in [0.717, 1.165) is 0 Å². The van der Waals surface area contributed by atoms with Crippen molar-refractivity contribution < 1.29 is 5.11 Å². The molecule has 1 aromatic rings. The van der Waals surface area contributed by atoms with E-state index >= 15 is 0 Å². The van der Waals surface area contributed by atoms with E-state index in [1.807, 2.05) is 18.8 Å². The first-order chi connectivity index (χ1) is 6.94. The molecule has 7 heteroatoms. The van der Waals surface area contributed by atoms with E-state index in [-0.39, 0.29) is 12.4 Å². The summed E-state index contributed by atoms with van der Waals surface area (Å²) in [7, 11) is 0. The molecule has 0 atom stereocenters. The summed E-state index contributed by atoms with van der Waals surface area (Å²) < 4.78 is 0. The second-order valence-corrected chi connectivity index (χ2v) is 3.84. The summed E-state index contributed by atoms with van der Waals surface area (Å²) in [6, 6.07) is 0. The molecule has 0 fully saturated rings. The minimum Gasteiger partial charge on any atom is -0.396 e. The first-order valence-electron chi connectivity index (χ1n) is 4.53. The van der Waals surface area contributed by atoms with Gasteiger partial charge in [0.25, 0.3) is 5.56 Å². The number of hydrogen-bond donors (Lipinski definition) is 4. The normalized spacial score (nSPS) is 11.4. The monoisotopic (exact) mass is 214 g/mol. The average molecular weight is 214 g/mol. The number of rotatable bonds is 4. The molecule has 84 valence electrons. The van der Waals surface area contributed by atoms with Crippen molar-refractivity contribution in [3.8, 4) is 0 Å². The molecule has 0 amide bonds. The quantitative estimate of drug-likeness (QED) is 0.515. The van der Waals surface area contributed by atoms with E-state index in [9.17, 15) is 9.59 Å². The molecule has 0 saturated carbocycles. The molecule has 0 aliphatic heterocycles. The van der Waals surface area contributed by atoms with Crippen molar-refractivity contribution in [1.29, 1.82) is 0 Å². The predicted octanol–water partition coefficient (Wildman–Crippen LogP) is -0.969. The molecule has 1 heterocycles. The number of aliphatic hydroxyl groups excluding tert-OH is 1. The SMILES string of the molecule is CC(C)(CCO)Nc1n[nH]c(=O)[nH]c1=O. The van der Waals surface area contributed by atoms with Gasteiger partial charge in [0.15, 0.2) is 0 Å². The van der Waals surface area contributed by atoms with Gasteiger partial charge in [-0.05, 0) is 20.3 Å². The van der Waals surface area contributed by atoms with E-state index < -0.39 is 16.8 Å². The molecular formula is C8H14N4O3. The molecule has 0 radical (unpaired) electrons. The van der Waals surface area contributed by atoms with E-state index in [1.165, 1.54) is 0 Å². The zero-order valence-electron chi connectivity index (χ0n) is 8.63. The maximum Gasteiger partial charge on any atom is 0.342 e. The first kappa shape index (κ1) is 11.4. The molecule has 0 bridgehead atoms. The molecule has 0 aromatic carbocycles. The standard InChI is InChI=1S/C8H14N4O3/c1-8(2,3-4-13)10-5-6(14)9-7(15)12-11-5/h13H,3-4H2,1-2H3,(H,10,11)(H2,9,12,14,15). The lowest BCUT2D eigenvalue weighted by atomic mass is 10.0. The highest BCUT2D eigenvalue weighted by Crippen LogP contribution is 2.11. The summed E-state index contributed by atoms with van der Waals surface area (Å²) in [6.07, 6.45) is 0.466. The first-order valence-corrected chi connectivity index (χ1v) is 4.53. The number of nitrogens with zero attached hydrogens (tertiary/aromatic N) is 1. The Labute approximate surface area is 85.6 Å². The number of aromatic nitrogens is 3. The van der Waals surface area contributed by atoms with Crippen LogP contribution < -0.4 is 16.6 Å². The van der Waals surface area contributed by atoms with Crippen LogP contribution in [0.4, 0.5) is 5.82 Å². The minimum absolute atomic E-state index is 0.00125. The lowest BCUT2D eigenvalue weighted by molar-refractivity contribution is 0.260. The number of nitrogens with one attached hydrogen (secondary N) is 3. The summed E-state index contributed by atoms with van der Waals surface area (Å²) in [5, 5.41) is 17.3. The Morgan fingerprint density at radius 3 is 2.67 bits per heavy atom. The van der Waals surface area contributed by atoms with Gasteiger partial charge in [0, 0.05) is 12.1 Å². The van der Waals surface area contributed by atoms with E-state index in [2.05, 4.69) is 15.5 Å². The fourth-order valence-corrected chi connectivity index (χ4v) is 1.09. The van der Waals surface area contributed by atoms with Gasteiger partial charge in [0.2, 0.25) is 5.82 Å². The fraction of sp³-hybridized carbons (Fsp3) is 0.625. The Morgan fingerprint density at radius 1 is 1.47 bits per heavy atom. The maximum absolute atomic E-state index is 11.3. The summed E-state index contributed by atoms with van der Waals surface area (Å²) in [5.41, 5.74) is -1.69. The molecule has 0 saturated heterocycles. The van der Waals surface area contributed by atoms with Crippen molar-refractivity contribution in [2.45, 2.75) is 25.8 Å². The van der Waals surface area contributed by atoms with Gasteiger partial charge in [0.05, 0.1) is 0 Å². The molecule has 4 N–H and O–H groups in total. The second-order valence-electron chi connectivity index (χ2n) is 3.84. The van der Waals surface area contributed by atoms with Crippen LogP contribution in [0.1, 0.15) is 20.3 Å². The third-order valence-corrected chi connectivity index (χ3v) is 1.90. The molecule has 0 aliphatic carbocycles. The van der Waals surface area contributed by atoms with Crippen molar-refractivity contribution in [2.75, 3.05) is 11.9 Å². The third-order valence-electron chi connectivity index (χ3n) is 1.90. The van der Waals surface area contributed by atoms with Crippen LogP contribution in [-0.2, 0) is 0 Å². The molecule has 0 aliphatic rings. The average Bonchev–Trinajstić information content (AvgIpc) is 2.09. The number of aliphatic hydroxyl groups is 1. The number of H-pyrrole nitrogens is 2. The van der Waals surface area contributed by atoms with Gasteiger partial charge in [-0.25, -0.2) is 9.89 Å². The third kappa shape index (κ3) is 3.21. The zero-order valence-corrected chi connectivity index (χ0v) is 8.63. The van der Waals surface area contributed by atoms with Crippen LogP contribution in [0.15, 0.2) is 9.59 Å². The molecule has 1 aromatic heterocycles. The van der Waals surface area contributed by atoms with Crippen LogP contribution in [0.2, 0.25) is 0 Å². The van der Waals surface area contributed by atoms with Crippen LogP contribution in [0.5, 0.6) is 0 Å². The maximum atomic E-state index is 11.3. The number of aromatic amines is 2. The highest BCUT2D eigenvalue weighted by molar-refractivity contribution is 5.32. The van der Waals surface area contributed by atoms with Crippen LogP contribution >= 0.6 is 0 Å². The number of anilines is 1. The highest BCUT2D eigenvalue weighted by Gasteiger charge is 2.18. The minimum atomic E-state index is -0.648. The topological polar surface area (TPSA) is 111 Å². The predicted molar refractivity (Wildman–Crippen MR) is 54.9 cm³/mol. The number of hydrogen-bond acceptors (Lipinski definition) is 5. The molecule has 15 heavy (non-hydrogen) atoms. The van der Waals surface area contributed by atoms with E-state index in [1.54, 1.807) is 0 Å². The van der Waals surface area contributed by atoms with Crippen LogP contribution in [0, 0.1) is 0 Å². The summed E-state index contributed by atoms with van der Waals surface area (Å²) in [6.45, 7) is 3.63. The van der Waals surface area contributed by atoms with Gasteiger partial charge in [0.1, 0.15) is 0 Å². The van der Waals surface area contributed by atoms with Crippen molar-refractivity contribution in [2.24, 2.45) is 0 Å². The smallest absolute Gasteiger partial charge is 0.342 e. The molecule has 0 unspecified atom stereocenters. The largest absolute Gasteiger partial charge is 0.396 e. The molecule has 1 rings (SSSR count). The summed E-state index contributed by atoms with van der Waals surface area (Å²) in [4.78, 5) is 24.0. The van der Waals surface area contributed by atoms with Crippen molar-refractivity contribution in [3.05, 3.63) is 20.8 Å². The van der Waals surface area contributed by atoms with Gasteiger partial charge in [-0.15, -0.1) is 5.10 Å². The van der Waals surface area contributed by atoms with Crippen LogP contribution in [0.25, 0.3) is 0 Å². The summed E-state index contributed by atoms with van der Waals surface area (Å²) >= 11 is 0. The molecular weight excluding hydrogens is 200 g/mol.